The molecule has 74 heavy (non-hydrogen) atoms. The Hall–Kier alpha value is -2.17. The molecule has 0 bridgehead atoms. The quantitative estimate of drug-likeness (QED) is 0.0420. The summed E-state index contributed by atoms with van der Waals surface area (Å²) in [6, 6.07) is -0.545. The fourth-order valence-corrected chi connectivity index (χ4v) is 10.3. The number of aliphatic hydroxyl groups is 2. The van der Waals surface area contributed by atoms with Crippen molar-refractivity contribution in [1.82, 2.24) is 5.32 Å². The number of unbranched alkanes of at least 4 members (excludes halogenated alkanes) is 42. The third-order valence-electron chi connectivity index (χ3n) is 15.2. The number of aliphatic hydroxyl groups excluding tert-OH is 2. The Kier molecular flexibility index (Phi) is 63.2. The van der Waals surface area contributed by atoms with E-state index in [-0.39, 0.29) is 12.5 Å². The van der Waals surface area contributed by atoms with E-state index in [1.807, 2.05) is 0 Å². The molecule has 2 unspecified atom stereocenters. The Morgan fingerprint density at radius 1 is 0.338 bits per heavy atom. The van der Waals surface area contributed by atoms with Crippen LogP contribution in [0.15, 0.2) is 72.9 Å². The zero-order valence-corrected chi connectivity index (χ0v) is 49.9. The van der Waals surface area contributed by atoms with Gasteiger partial charge in [-0.3, -0.25) is 4.79 Å². The lowest BCUT2D eigenvalue weighted by molar-refractivity contribution is -0.123. The standard InChI is InChI=1S/C70H129NO3/c1-3-5-7-9-11-13-15-17-19-21-23-25-27-29-31-33-34-35-36-38-39-41-43-45-47-49-51-53-55-57-59-61-63-65-69(73)68(67-72)71-70(74)66-64-62-60-58-56-54-52-50-48-46-44-42-40-37-32-30-28-26-24-22-20-18-16-14-12-10-8-6-4-2/h6,8,12,14,18,20,24,26,30,32,40,42,68-69,72-73H,3-5,7,9-11,13,15-17,19,21-23,25,27-29,31,33-39,41,43-67H2,1-2H3,(H,71,74)/b8-6-,14-12-,20-18-,26-24-,32-30-,42-40-. The summed E-state index contributed by atoms with van der Waals surface area (Å²) in [4.78, 5) is 12.5. The number of hydrogen-bond donors (Lipinski definition) is 3. The number of carbonyl (C=O) groups excluding carboxylic acids is 1. The molecule has 432 valence electrons. The number of amides is 1. The first-order chi connectivity index (χ1) is 36.7. The van der Waals surface area contributed by atoms with E-state index in [0.29, 0.717) is 12.8 Å². The summed E-state index contributed by atoms with van der Waals surface area (Å²) in [5.74, 6) is -0.0340. The van der Waals surface area contributed by atoms with Crippen molar-refractivity contribution in [2.45, 2.75) is 360 Å². The van der Waals surface area contributed by atoms with Crippen molar-refractivity contribution in [3.05, 3.63) is 72.9 Å². The van der Waals surface area contributed by atoms with Gasteiger partial charge in [0, 0.05) is 6.42 Å². The summed E-state index contributed by atoms with van der Waals surface area (Å²) in [5, 5.41) is 23.4. The van der Waals surface area contributed by atoms with Gasteiger partial charge in [0.15, 0.2) is 0 Å². The van der Waals surface area contributed by atoms with Gasteiger partial charge >= 0.3 is 0 Å². The van der Waals surface area contributed by atoms with Gasteiger partial charge in [-0.1, -0.05) is 350 Å². The Bertz CT molecular complexity index is 1260. The van der Waals surface area contributed by atoms with Crippen LogP contribution in [0, 0.1) is 0 Å². The highest BCUT2D eigenvalue weighted by Gasteiger charge is 2.20. The fraction of sp³-hybridized carbons (Fsp3) is 0.814. The minimum atomic E-state index is -0.668. The van der Waals surface area contributed by atoms with Gasteiger partial charge in [0.25, 0.3) is 0 Å². The zero-order chi connectivity index (χ0) is 53.4. The molecule has 3 N–H and O–H groups in total. The van der Waals surface area contributed by atoms with E-state index in [1.54, 1.807) is 0 Å². The normalized spacial score (nSPS) is 13.2. The maximum absolute atomic E-state index is 12.5. The molecular weight excluding hydrogens is 903 g/mol. The van der Waals surface area contributed by atoms with Crippen molar-refractivity contribution < 1.29 is 15.0 Å². The van der Waals surface area contributed by atoms with Crippen LogP contribution in [0.4, 0.5) is 0 Å². The van der Waals surface area contributed by atoms with Crippen molar-refractivity contribution in [1.29, 1.82) is 0 Å². The Morgan fingerprint density at radius 3 is 0.892 bits per heavy atom. The number of hydrogen-bond acceptors (Lipinski definition) is 3. The molecule has 4 heteroatoms. The summed E-state index contributed by atoms with van der Waals surface area (Å²) in [5.41, 5.74) is 0. The summed E-state index contributed by atoms with van der Waals surface area (Å²) in [6.07, 6.45) is 93.6. The minimum absolute atomic E-state index is 0.0340. The van der Waals surface area contributed by atoms with Crippen LogP contribution in [0.5, 0.6) is 0 Å². The van der Waals surface area contributed by atoms with E-state index in [4.69, 9.17) is 0 Å². The van der Waals surface area contributed by atoms with Gasteiger partial charge in [-0.2, -0.15) is 0 Å². The molecule has 0 aromatic rings. The van der Waals surface area contributed by atoms with Gasteiger partial charge in [-0.05, 0) is 64.2 Å². The zero-order valence-electron chi connectivity index (χ0n) is 49.9. The van der Waals surface area contributed by atoms with Crippen molar-refractivity contribution in [3.63, 3.8) is 0 Å². The van der Waals surface area contributed by atoms with Crippen LogP contribution in [-0.2, 0) is 4.79 Å². The van der Waals surface area contributed by atoms with Crippen molar-refractivity contribution >= 4 is 5.91 Å². The number of rotatable bonds is 61. The van der Waals surface area contributed by atoms with E-state index in [9.17, 15) is 15.0 Å². The van der Waals surface area contributed by atoms with Crippen molar-refractivity contribution in [2.24, 2.45) is 0 Å². The second-order valence-electron chi connectivity index (χ2n) is 22.5. The highest BCUT2D eigenvalue weighted by Crippen LogP contribution is 2.19. The van der Waals surface area contributed by atoms with Crippen LogP contribution in [0.3, 0.4) is 0 Å². The lowest BCUT2D eigenvalue weighted by Crippen LogP contribution is -2.45. The molecule has 0 aromatic carbocycles. The van der Waals surface area contributed by atoms with Crippen LogP contribution < -0.4 is 5.32 Å². The van der Waals surface area contributed by atoms with Crippen LogP contribution in [0.25, 0.3) is 0 Å². The molecular formula is C70H129NO3. The lowest BCUT2D eigenvalue weighted by Gasteiger charge is -2.22. The third kappa shape index (κ3) is 60.7. The van der Waals surface area contributed by atoms with E-state index in [0.717, 1.165) is 64.2 Å². The van der Waals surface area contributed by atoms with Gasteiger partial charge in [0.05, 0.1) is 18.8 Å². The third-order valence-corrected chi connectivity index (χ3v) is 15.2. The maximum atomic E-state index is 12.5. The summed E-state index contributed by atoms with van der Waals surface area (Å²) >= 11 is 0. The molecule has 0 rings (SSSR count). The fourth-order valence-electron chi connectivity index (χ4n) is 10.3. The molecule has 0 spiro atoms. The molecule has 4 nitrogen and oxygen atoms in total. The maximum Gasteiger partial charge on any atom is 0.220 e. The average molecular weight is 1030 g/mol. The molecule has 0 heterocycles. The topological polar surface area (TPSA) is 69.6 Å². The van der Waals surface area contributed by atoms with Gasteiger partial charge in [0.1, 0.15) is 0 Å². The average Bonchev–Trinajstić information content (AvgIpc) is 3.40. The first kappa shape index (κ1) is 71.8. The predicted octanol–water partition coefficient (Wildman–Crippen LogP) is 22.5. The van der Waals surface area contributed by atoms with Gasteiger partial charge in [-0.25, -0.2) is 0 Å². The molecule has 0 saturated heterocycles. The number of allylic oxidation sites excluding steroid dienone is 12. The SMILES string of the molecule is CC/C=C\C/C=C\C/C=C\C/C=C\C/C=C\C/C=C\CCCCCCCCCCCCC(=O)NC(CO)C(O)CCCCCCCCCCCCCCCCCCCCCCCCCCCCCCCCCCC. The molecule has 0 aliphatic carbocycles. The van der Waals surface area contributed by atoms with E-state index in [1.165, 1.54) is 257 Å². The van der Waals surface area contributed by atoms with E-state index < -0.39 is 12.1 Å². The molecule has 0 fully saturated rings. The Balaban J connectivity index is 3.45. The summed E-state index contributed by atoms with van der Waals surface area (Å²) in [7, 11) is 0. The molecule has 0 aliphatic rings. The largest absolute Gasteiger partial charge is 0.394 e. The number of carbonyl (C=O) groups is 1. The van der Waals surface area contributed by atoms with Crippen molar-refractivity contribution in [2.75, 3.05) is 6.61 Å². The smallest absolute Gasteiger partial charge is 0.220 e. The van der Waals surface area contributed by atoms with Gasteiger partial charge < -0.3 is 15.5 Å². The first-order valence-corrected chi connectivity index (χ1v) is 33.1. The Labute approximate surface area is 463 Å². The first-order valence-electron chi connectivity index (χ1n) is 33.1. The van der Waals surface area contributed by atoms with Crippen LogP contribution >= 0.6 is 0 Å². The lowest BCUT2D eigenvalue weighted by atomic mass is 10.0. The molecule has 0 aromatic heterocycles. The highest BCUT2D eigenvalue weighted by molar-refractivity contribution is 5.76. The van der Waals surface area contributed by atoms with E-state index in [2.05, 4.69) is 92.1 Å². The molecule has 0 aliphatic heterocycles. The second-order valence-corrected chi connectivity index (χ2v) is 22.5. The molecule has 0 saturated carbocycles. The van der Waals surface area contributed by atoms with Crippen molar-refractivity contribution in [3.8, 4) is 0 Å². The van der Waals surface area contributed by atoms with Gasteiger partial charge in [-0.15, -0.1) is 0 Å². The van der Waals surface area contributed by atoms with Crippen LogP contribution in [-0.4, -0.2) is 34.9 Å². The molecule has 2 atom stereocenters. The second kappa shape index (κ2) is 65.1. The summed E-state index contributed by atoms with van der Waals surface area (Å²) < 4.78 is 0. The summed E-state index contributed by atoms with van der Waals surface area (Å²) in [6.45, 7) is 4.27. The predicted molar refractivity (Wildman–Crippen MR) is 331 cm³/mol. The van der Waals surface area contributed by atoms with E-state index >= 15 is 0 Å². The van der Waals surface area contributed by atoms with Crippen LogP contribution in [0.1, 0.15) is 348 Å². The minimum Gasteiger partial charge on any atom is -0.394 e. The molecule has 0 radical (unpaired) electrons. The van der Waals surface area contributed by atoms with Gasteiger partial charge in [0.2, 0.25) is 5.91 Å². The number of nitrogens with one attached hydrogen (secondary N) is 1. The van der Waals surface area contributed by atoms with Crippen LogP contribution in [0.2, 0.25) is 0 Å². The monoisotopic (exact) mass is 1030 g/mol. The molecule has 1 amide bonds. The Morgan fingerprint density at radius 2 is 0.595 bits per heavy atom. The highest BCUT2D eigenvalue weighted by atomic mass is 16.3.